The number of carboxylic acids is 1. The van der Waals surface area contributed by atoms with Crippen LogP contribution in [0.5, 0.6) is 0 Å². The van der Waals surface area contributed by atoms with Crippen LogP contribution in [0.3, 0.4) is 0 Å². The van der Waals surface area contributed by atoms with E-state index in [2.05, 4.69) is 24.1 Å². The van der Waals surface area contributed by atoms with Gasteiger partial charge in [-0.1, -0.05) is 13.8 Å². The molecule has 0 radical (unpaired) electrons. The molecule has 0 amide bonds. The number of carbonyl (C=O) groups is 1. The van der Waals surface area contributed by atoms with E-state index in [0.717, 1.165) is 18.5 Å². The number of anilines is 1. The van der Waals surface area contributed by atoms with E-state index < -0.39 is 5.97 Å². The van der Waals surface area contributed by atoms with Crippen LogP contribution in [0.2, 0.25) is 0 Å². The lowest BCUT2D eigenvalue weighted by molar-refractivity contribution is 0.0697. The molecule has 1 fully saturated rings. The average molecular weight is 248 g/mol. The van der Waals surface area contributed by atoms with Gasteiger partial charge in [0.15, 0.2) is 0 Å². The third-order valence-electron chi connectivity index (χ3n) is 3.60. The molecule has 1 unspecified atom stereocenters. The molecule has 1 atom stereocenters. The van der Waals surface area contributed by atoms with Gasteiger partial charge >= 0.3 is 5.97 Å². The summed E-state index contributed by atoms with van der Waals surface area (Å²) in [7, 11) is 0. The highest BCUT2D eigenvalue weighted by molar-refractivity contribution is 5.93. The van der Waals surface area contributed by atoms with E-state index in [1.807, 2.05) is 13.0 Å². The van der Waals surface area contributed by atoms with Crippen molar-refractivity contribution in [2.24, 2.45) is 5.41 Å². The topological polar surface area (TPSA) is 62.2 Å². The minimum Gasteiger partial charge on any atom is -0.478 e. The lowest BCUT2D eigenvalue weighted by atomic mass is 9.92. The monoisotopic (exact) mass is 248 g/mol. The summed E-state index contributed by atoms with van der Waals surface area (Å²) in [4.78, 5) is 15.2. The predicted octanol–water partition coefficient (Wildman–Crippen LogP) is 3.08. The quantitative estimate of drug-likeness (QED) is 0.863. The van der Waals surface area contributed by atoms with E-state index in [0.29, 0.717) is 17.1 Å². The maximum Gasteiger partial charge on any atom is 0.339 e. The molecule has 1 aliphatic rings. The van der Waals surface area contributed by atoms with Crippen molar-refractivity contribution in [3.8, 4) is 0 Å². The molecule has 1 saturated carbocycles. The third-order valence-corrected chi connectivity index (χ3v) is 3.60. The van der Waals surface area contributed by atoms with Crippen LogP contribution >= 0.6 is 0 Å². The second kappa shape index (κ2) is 4.59. The fourth-order valence-corrected chi connectivity index (χ4v) is 2.63. The van der Waals surface area contributed by atoms with Gasteiger partial charge in [-0.05, 0) is 37.7 Å². The number of carboxylic acid groups (broad SMARTS) is 1. The van der Waals surface area contributed by atoms with Gasteiger partial charge in [0.05, 0.1) is 5.69 Å². The first kappa shape index (κ1) is 12.9. The lowest BCUT2D eigenvalue weighted by Crippen LogP contribution is -2.19. The first-order chi connectivity index (χ1) is 8.37. The Bertz CT molecular complexity index is 469. The molecule has 98 valence electrons. The highest BCUT2D eigenvalue weighted by atomic mass is 16.4. The molecule has 1 aromatic heterocycles. The summed E-state index contributed by atoms with van der Waals surface area (Å²) in [6, 6.07) is 2.18. The van der Waals surface area contributed by atoms with Crippen molar-refractivity contribution < 1.29 is 9.90 Å². The molecule has 0 aliphatic heterocycles. The molecule has 0 spiro atoms. The highest BCUT2D eigenvalue weighted by Crippen LogP contribution is 2.38. The van der Waals surface area contributed by atoms with Crippen molar-refractivity contribution in [1.82, 2.24) is 4.98 Å². The molecule has 18 heavy (non-hydrogen) atoms. The first-order valence-corrected chi connectivity index (χ1v) is 6.34. The molecule has 4 nitrogen and oxygen atoms in total. The van der Waals surface area contributed by atoms with E-state index in [4.69, 9.17) is 5.11 Å². The van der Waals surface area contributed by atoms with Gasteiger partial charge in [0.25, 0.3) is 0 Å². The Morgan fingerprint density at radius 3 is 2.83 bits per heavy atom. The van der Waals surface area contributed by atoms with Crippen LogP contribution in [0.1, 0.15) is 49.2 Å². The number of rotatable bonds is 3. The zero-order valence-electron chi connectivity index (χ0n) is 11.2. The molecular formula is C14H20N2O2. The molecule has 4 heteroatoms. The van der Waals surface area contributed by atoms with Crippen LogP contribution in [0.25, 0.3) is 0 Å². The van der Waals surface area contributed by atoms with Gasteiger partial charge in [-0.25, -0.2) is 4.79 Å². The summed E-state index contributed by atoms with van der Waals surface area (Å²) >= 11 is 0. The van der Waals surface area contributed by atoms with Crippen molar-refractivity contribution in [3.05, 3.63) is 23.5 Å². The number of aromatic nitrogens is 1. The van der Waals surface area contributed by atoms with Gasteiger partial charge in [0.2, 0.25) is 0 Å². The van der Waals surface area contributed by atoms with Crippen molar-refractivity contribution in [3.63, 3.8) is 0 Å². The second-order valence-corrected chi connectivity index (χ2v) is 5.92. The zero-order chi connectivity index (χ0) is 13.3. The smallest absolute Gasteiger partial charge is 0.339 e. The molecule has 0 aromatic carbocycles. The minimum atomic E-state index is -0.928. The molecule has 1 heterocycles. The lowest BCUT2D eigenvalue weighted by Gasteiger charge is -2.19. The van der Waals surface area contributed by atoms with Gasteiger partial charge in [0.1, 0.15) is 5.56 Å². The summed E-state index contributed by atoms with van der Waals surface area (Å²) in [5, 5.41) is 12.5. The maximum absolute atomic E-state index is 11.2. The predicted molar refractivity (Wildman–Crippen MR) is 71.0 cm³/mol. The molecule has 1 aromatic rings. The van der Waals surface area contributed by atoms with Crippen LogP contribution in [0.15, 0.2) is 12.3 Å². The summed E-state index contributed by atoms with van der Waals surface area (Å²) in [5.74, 6) is -0.928. The number of hydrogen-bond acceptors (Lipinski definition) is 3. The summed E-state index contributed by atoms with van der Waals surface area (Å²) in [6.07, 6.45) is 4.78. The maximum atomic E-state index is 11.2. The highest BCUT2D eigenvalue weighted by Gasteiger charge is 2.31. The van der Waals surface area contributed by atoms with Gasteiger partial charge < -0.3 is 10.4 Å². The normalized spacial score (nSPS) is 21.8. The van der Waals surface area contributed by atoms with Crippen LogP contribution in [0.4, 0.5) is 5.69 Å². The Hall–Kier alpha value is -1.58. The van der Waals surface area contributed by atoms with Gasteiger partial charge in [-0.2, -0.15) is 0 Å². The van der Waals surface area contributed by atoms with Crippen molar-refractivity contribution in [2.45, 2.75) is 46.1 Å². The average Bonchev–Trinajstić information content (AvgIpc) is 2.57. The largest absolute Gasteiger partial charge is 0.478 e. The molecule has 2 rings (SSSR count). The number of pyridine rings is 1. The fraction of sp³-hybridized carbons (Fsp3) is 0.571. The number of nitrogens with zero attached hydrogens (tertiary/aromatic N) is 1. The number of aryl methyl sites for hydroxylation is 1. The Labute approximate surface area is 107 Å². The number of hydrogen-bond donors (Lipinski definition) is 2. The van der Waals surface area contributed by atoms with Crippen LogP contribution in [-0.2, 0) is 0 Å². The molecule has 1 aliphatic carbocycles. The summed E-state index contributed by atoms with van der Waals surface area (Å²) in [6.45, 7) is 6.38. The molecular weight excluding hydrogens is 228 g/mol. The van der Waals surface area contributed by atoms with Crippen LogP contribution < -0.4 is 5.32 Å². The van der Waals surface area contributed by atoms with Crippen molar-refractivity contribution in [2.75, 3.05) is 5.32 Å². The molecule has 2 N–H and O–H groups in total. The molecule has 0 bridgehead atoms. The third kappa shape index (κ3) is 2.81. The van der Waals surface area contributed by atoms with E-state index >= 15 is 0 Å². The van der Waals surface area contributed by atoms with Crippen LogP contribution in [0, 0.1) is 12.3 Å². The number of aromatic carboxylic acids is 1. The zero-order valence-corrected chi connectivity index (χ0v) is 11.2. The second-order valence-electron chi connectivity index (χ2n) is 5.92. The van der Waals surface area contributed by atoms with Crippen molar-refractivity contribution in [1.29, 1.82) is 0 Å². The van der Waals surface area contributed by atoms with Crippen molar-refractivity contribution >= 4 is 11.7 Å². The molecule has 0 saturated heterocycles. The van der Waals surface area contributed by atoms with E-state index in [-0.39, 0.29) is 5.56 Å². The summed E-state index contributed by atoms with van der Waals surface area (Å²) in [5.41, 5.74) is 2.13. The van der Waals surface area contributed by atoms with Gasteiger partial charge in [0, 0.05) is 17.9 Å². The Balaban J connectivity index is 2.18. The van der Waals surface area contributed by atoms with E-state index in [1.165, 1.54) is 12.6 Å². The van der Waals surface area contributed by atoms with E-state index in [1.54, 1.807) is 0 Å². The Kier molecular flexibility index (Phi) is 3.28. The Morgan fingerprint density at radius 1 is 1.56 bits per heavy atom. The van der Waals surface area contributed by atoms with E-state index in [9.17, 15) is 4.79 Å². The standard InChI is InChI=1S/C14H20N2O2/c1-9-6-12(11(8-15-9)13(17)18)16-10-4-5-14(2,3)7-10/h6,8,10H,4-5,7H2,1-3H3,(H,15,16)(H,17,18). The summed E-state index contributed by atoms with van der Waals surface area (Å²) < 4.78 is 0. The fourth-order valence-electron chi connectivity index (χ4n) is 2.63. The van der Waals surface area contributed by atoms with Crippen LogP contribution in [-0.4, -0.2) is 22.1 Å². The van der Waals surface area contributed by atoms with Gasteiger partial charge in [-0.15, -0.1) is 0 Å². The minimum absolute atomic E-state index is 0.255. The Morgan fingerprint density at radius 2 is 2.28 bits per heavy atom. The SMILES string of the molecule is Cc1cc(NC2CCC(C)(C)C2)c(C(=O)O)cn1. The first-order valence-electron chi connectivity index (χ1n) is 6.34. The number of nitrogens with one attached hydrogen (secondary N) is 1. The van der Waals surface area contributed by atoms with Gasteiger partial charge in [-0.3, -0.25) is 4.98 Å².